The number of hydrogen-bond acceptors (Lipinski definition) is 6. The van der Waals surface area contributed by atoms with E-state index in [-0.39, 0.29) is 31.1 Å². The van der Waals surface area contributed by atoms with E-state index in [1.807, 2.05) is 0 Å². The summed E-state index contributed by atoms with van der Waals surface area (Å²) in [5.41, 5.74) is 0. The van der Waals surface area contributed by atoms with Crippen molar-refractivity contribution in [2.45, 2.75) is 297 Å². The van der Waals surface area contributed by atoms with E-state index >= 15 is 0 Å². The predicted octanol–water partition coefficient (Wildman–Crippen LogP) is 18.7. The molecule has 378 valence electrons. The first-order chi connectivity index (χ1) is 32.0. The van der Waals surface area contributed by atoms with Crippen LogP contribution in [0.5, 0.6) is 0 Å². The molecule has 0 N–H and O–H groups in total. The summed E-state index contributed by atoms with van der Waals surface area (Å²) in [5, 5.41) is 0. The molecule has 0 heterocycles. The molecule has 0 fully saturated rings. The Bertz CT molecular complexity index is 1140. The Morgan fingerprint density at radius 1 is 0.308 bits per heavy atom. The minimum Gasteiger partial charge on any atom is -0.462 e. The highest BCUT2D eigenvalue weighted by molar-refractivity contribution is 5.71. The number of hydrogen-bond donors (Lipinski definition) is 0. The zero-order chi connectivity index (χ0) is 47.2. The fourth-order valence-electron chi connectivity index (χ4n) is 7.98. The zero-order valence-corrected chi connectivity index (χ0v) is 43.3. The van der Waals surface area contributed by atoms with Gasteiger partial charge in [0, 0.05) is 19.3 Å². The van der Waals surface area contributed by atoms with Crippen LogP contribution in [-0.4, -0.2) is 37.2 Å². The molecule has 0 aliphatic heterocycles. The van der Waals surface area contributed by atoms with Crippen molar-refractivity contribution in [3.8, 4) is 0 Å². The molecule has 0 aliphatic carbocycles. The van der Waals surface area contributed by atoms with Crippen LogP contribution in [0.25, 0.3) is 0 Å². The van der Waals surface area contributed by atoms with Crippen molar-refractivity contribution in [1.29, 1.82) is 0 Å². The zero-order valence-electron chi connectivity index (χ0n) is 43.3. The maximum atomic E-state index is 12.8. The summed E-state index contributed by atoms with van der Waals surface area (Å²) < 4.78 is 16.8. The van der Waals surface area contributed by atoms with Crippen LogP contribution in [0.15, 0.2) is 48.6 Å². The van der Waals surface area contributed by atoms with Crippen LogP contribution in [-0.2, 0) is 28.6 Å². The molecule has 0 saturated heterocycles. The lowest BCUT2D eigenvalue weighted by atomic mass is 10.1. The van der Waals surface area contributed by atoms with Crippen molar-refractivity contribution in [3.63, 3.8) is 0 Å². The van der Waals surface area contributed by atoms with Crippen LogP contribution >= 0.6 is 0 Å². The molecule has 0 aromatic rings. The largest absolute Gasteiger partial charge is 0.462 e. The fraction of sp³-hybridized carbons (Fsp3) is 0.814. The SMILES string of the molecule is CCCC/C=C\CCCCCCCC(=O)OC[C@H](COC(=O)CCCCCCCCCCC/C=C\C/C=C\CCCCC)OC(=O)CCCCCCCCC/C=C\CCCCCCCC. The van der Waals surface area contributed by atoms with Crippen molar-refractivity contribution in [3.05, 3.63) is 48.6 Å². The minimum atomic E-state index is -0.779. The lowest BCUT2D eigenvalue weighted by Gasteiger charge is -2.18. The second-order valence-corrected chi connectivity index (χ2v) is 18.8. The third kappa shape index (κ3) is 52.2. The van der Waals surface area contributed by atoms with Crippen LogP contribution in [0.2, 0.25) is 0 Å². The van der Waals surface area contributed by atoms with E-state index in [4.69, 9.17) is 14.2 Å². The van der Waals surface area contributed by atoms with Gasteiger partial charge in [-0.05, 0) is 96.3 Å². The van der Waals surface area contributed by atoms with Gasteiger partial charge in [-0.25, -0.2) is 0 Å². The third-order valence-corrected chi connectivity index (χ3v) is 12.3. The molecular formula is C59H106O6. The number of carbonyl (C=O) groups is 3. The summed E-state index contributed by atoms with van der Waals surface area (Å²) in [5.74, 6) is -0.886. The Hall–Kier alpha value is -2.63. The molecule has 0 unspecified atom stereocenters. The van der Waals surface area contributed by atoms with Crippen LogP contribution in [0.4, 0.5) is 0 Å². The summed E-state index contributed by atoms with van der Waals surface area (Å²) in [6.45, 7) is 6.58. The van der Waals surface area contributed by atoms with E-state index < -0.39 is 6.10 Å². The van der Waals surface area contributed by atoms with Crippen molar-refractivity contribution in [1.82, 2.24) is 0 Å². The quantitative estimate of drug-likeness (QED) is 0.0262. The Balaban J connectivity index is 4.33. The maximum absolute atomic E-state index is 12.8. The van der Waals surface area contributed by atoms with Crippen LogP contribution < -0.4 is 0 Å². The topological polar surface area (TPSA) is 78.9 Å². The van der Waals surface area contributed by atoms with Crippen molar-refractivity contribution >= 4 is 17.9 Å². The first kappa shape index (κ1) is 62.4. The molecule has 0 radical (unpaired) electrons. The summed E-state index contributed by atoms with van der Waals surface area (Å²) in [4.78, 5) is 38.1. The van der Waals surface area contributed by atoms with Gasteiger partial charge in [-0.15, -0.1) is 0 Å². The smallest absolute Gasteiger partial charge is 0.306 e. The molecule has 0 aromatic heterocycles. The van der Waals surface area contributed by atoms with Gasteiger partial charge in [0.05, 0.1) is 0 Å². The normalized spacial score (nSPS) is 12.4. The van der Waals surface area contributed by atoms with Crippen LogP contribution in [0.1, 0.15) is 290 Å². The second-order valence-electron chi connectivity index (χ2n) is 18.8. The average molecular weight is 911 g/mol. The van der Waals surface area contributed by atoms with E-state index in [1.54, 1.807) is 0 Å². The van der Waals surface area contributed by atoms with E-state index in [0.29, 0.717) is 19.3 Å². The highest BCUT2D eigenvalue weighted by Gasteiger charge is 2.19. The third-order valence-electron chi connectivity index (χ3n) is 12.3. The van der Waals surface area contributed by atoms with Crippen molar-refractivity contribution in [2.24, 2.45) is 0 Å². The first-order valence-electron chi connectivity index (χ1n) is 28.1. The molecule has 0 bridgehead atoms. The van der Waals surface area contributed by atoms with Gasteiger partial charge in [0.2, 0.25) is 0 Å². The number of ether oxygens (including phenoxy) is 3. The van der Waals surface area contributed by atoms with Gasteiger partial charge < -0.3 is 14.2 Å². The standard InChI is InChI=1S/C59H106O6/c1-4-7-10-13-16-19-22-24-26-28-29-31-32-34-37-40-43-46-49-52-58(61)64-55-56(54-63-57(60)51-48-45-42-39-36-21-18-15-12-9-6-3)65-59(62)53-50-47-44-41-38-35-33-30-27-25-23-20-17-14-11-8-5-2/h15-16,18-19,24-27,56H,4-14,17,20-23,28-55H2,1-3H3/b18-15-,19-16-,26-24-,27-25-/t56-/m1/s1. The fourth-order valence-corrected chi connectivity index (χ4v) is 7.98. The van der Waals surface area contributed by atoms with Crippen LogP contribution in [0.3, 0.4) is 0 Å². The number of rotatable bonds is 51. The second kappa shape index (κ2) is 54.0. The molecule has 0 spiro atoms. The molecule has 1 atom stereocenters. The Kier molecular flexibility index (Phi) is 51.8. The summed E-state index contributed by atoms with van der Waals surface area (Å²) in [6.07, 6.45) is 65.2. The number of carbonyl (C=O) groups excluding carboxylic acids is 3. The molecule has 0 rings (SSSR count). The van der Waals surface area contributed by atoms with E-state index in [9.17, 15) is 14.4 Å². The minimum absolute atomic E-state index is 0.0784. The highest BCUT2D eigenvalue weighted by Crippen LogP contribution is 2.15. The van der Waals surface area contributed by atoms with Crippen LogP contribution in [0, 0.1) is 0 Å². The highest BCUT2D eigenvalue weighted by atomic mass is 16.6. The van der Waals surface area contributed by atoms with Gasteiger partial charge in [0.15, 0.2) is 6.10 Å². The lowest BCUT2D eigenvalue weighted by molar-refractivity contribution is -0.167. The Labute approximate surface area is 403 Å². The summed E-state index contributed by atoms with van der Waals surface area (Å²) >= 11 is 0. The van der Waals surface area contributed by atoms with Crippen molar-refractivity contribution in [2.75, 3.05) is 13.2 Å². The van der Waals surface area contributed by atoms with Gasteiger partial charge in [-0.1, -0.05) is 223 Å². The predicted molar refractivity (Wildman–Crippen MR) is 279 cm³/mol. The molecule has 0 aromatic carbocycles. The molecule has 0 amide bonds. The monoisotopic (exact) mass is 911 g/mol. The Morgan fingerprint density at radius 2 is 0.569 bits per heavy atom. The van der Waals surface area contributed by atoms with Gasteiger partial charge in [0.1, 0.15) is 13.2 Å². The van der Waals surface area contributed by atoms with Gasteiger partial charge in [-0.3, -0.25) is 14.4 Å². The lowest BCUT2D eigenvalue weighted by Crippen LogP contribution is -2.30. The average Bonchev–Trinajstić information content (AvgIpc) is 3.30. The first-order valence-corrected chi connectivity index (χ1v) is 28.1. The molecule has 6 heteroatoms. The number of allylic oxidation sites excluding steroid dienone is 8. The molecule has 65 heavy (non-hydrogen) atoms. The van der Waals surface area contributed by atoms with E-state index in [1.165, 1.54) is 180 Å². The molecular weight excluding hydrogens is 805 g/mol. The molecule has 6 nitrogen and oxygen atoms in total. The molecule has 0 saturated carbocycles. The molecule has 0 aliphatic rings. The maximum Gasteiger partial charge on any atom is 0.306 e. The summed E-state index contributed by atoms with van der Waals surface area (Å²) in [7, 11) is 0. The van der Waals surface area contributed by atoms with Crippen molar-refractivity contribution < 1.29 is 28.6 Å². The van der Waals surface area contributed by atoms with Gasteiger partial charge in [-0.2, -0.15) is 0 Å². The van der Waals surface area contributed by atoms with Gasteiger partial charge >= 0.3 is 17.9 Å². The summed E-state index contributed by atoms with van der Waals surface area (Å²) in [6, 6.07) is 0. The number of unbranched alkanes of at least 4 members (excludes halogenated alkanes) is 32. The van der Waals surface area contributed by atoms with Gasteiger partial charge in [0.25, 0.3) is 0 Å². The van der Waals surface area contributed by atoms with E-state index in [2.05, 4.69) is 69.4 Å². The number of esters is 3. The Morgan fingerprint density at radius 3 is 0.938 bits per heavy atom. The van der Waals surface area contributed by atoms with E-state index in [0.717, 1.165) is 70.6 Å².